The van der Waals surface area contributed by atoms with Gasteiger partial charge >= 0.3 is 6.61 Å². The highest BCUT2D eigenvalue weighted by molar-refractivity contribution is 5.99. The highest BCUT2D eigenvalue weighted by Crippen LogP contribution is 2.50. The summed E-state index contributed by atoms with van der Waals surface area (Å²) in [6, 6.07) is 9.51. The number of ketones is 1. The van der Waals surface area contributed by atoms with Crippen LogP contribution in [0.15, 0.2) is 36.5 Å². The average Bonchev–Trinajstić information content (AvgIpc) is 3.20. The first-order valence-corrected chi connectivity index (χ1v) is 10.3. The molecule has 1 aliphatic heterocycles. The zero-order chi connectivity index (χ0) is 21.6. The molecule has 7 nitrogen and oxygen atoms in total. The van der Waals surface area contributed by atoms with E-state index in [0.717, 1.165) is 10.9 Å². The SMILES string of the molecule is O=C(CC1(COC(F)F)CC1)c1cnn2c1CN(C(=O)c1cc3ccccc3[nH]1)CC2. The van der Waals surface area contributed by atoms with Crippen LogP contribution in [0.1, 0.15) is 45.8 Å². The number of carbonyl (C=O) groups excluding carboxylic acids is 2. The standard InChI is InChI=1S/C22H22F2N4O3/c23-21(24)31-13-22(5-6-22)10-19(29)15-11-25-28-8-7-27(12-18(15)28)20(30)17-9-14-3-1-2-4-16(14)26-17/h1-4,9,11,21,26H,5-8,10,12-13H2. The first kappa shape index (κ1) is 19.9. The number of alkyl halides is 2. The summed E-state index contributed by atoms with van der Waals surface area (Å²) in [5.74, 6) is -0.275. The summed E-state index contributed by atoms with van der Waals surface area (Å²) in [6.45, 7) is -1.70. The lowest BCUT2D eigenvalue weighted by atomic mass is 9.96. The molecule has 9 heteroatoms. The van der Waals surface area contributed by atoms with Gasteiger partial charge in [0, 0.05) is 29.3 Å². The van der Waals surface area contributed by atoms with Gasteiger partial charge in [0.1, 0.15) is 5.69 Å². The van der Waals surface area contributed by atoms with E-state index in [1.807, 2.05) is 30.3 Å². The van der Waals surface area contributed by atoms with Crippen LogP contribution in [0.4, 0.5) is 8.78 Å². The van der Waals surface area contributed by atoms with Gasteiger partial charge in [0.15, 0.2) is 5.78 Å². The third kappa shape index (κ3) is 3.85. The summed E-state index contributed by atoms with van der Waals surface area (Å²) >= 11 is 0. The Hall–Kier alpha value is -3.07. The number of H-pyrrole nitrogens is 1. The van der Waals surface area contributed by atoms with Crippen LogP contribution in [0.3, 0.4) is 0 Å². The molecule has 0 unspecified atom stereocenters. The molecule has 162 valence electrons. The molecule has 3 heterocycles. The van der Waals surface area contributed by atoms with Gasteiger partial charge in [0.25, 0.3) is 5.91 Å². The van der Waals surface area contributed by atoms with Crippen LogP contribution in [0.2, 0.25) is 0 Å². The van der Waals surface area contributed by atoms with Crippen LogP contribution in [0.25, 0.3) is 10.9 Å². The first-order chi connectivity index (χ1) is 14.9. The Labute approximate surface area is 177 Å². The van der Waals surface area contributed by atoms with Crippen molar-refractivity contribution in [3.05, 3.63) is 53.5 Å². The predicted molar refractivity (Wildman–Crippen MR) is 108 cm³/mol. The second-order valence-corrected chi connectivity index (χ2v) is 8.40. The number of aromatic amines is 1. The molecule has 0 atom stereocenters. The molecular formula is C22H22F2N4O3. The fourth-order valence-corrected chi connectivity index (χ4v) is 4.24. The number of carbonyl (C=O) groups is 2. The largest absolute Gasteiger partial charge is 0.351 e. The number of para-hydroxylation sites is 1. The predicted octanol–water partition coefficient (Wildman–Crippen LogP) is 3.61. The molecule has 1 N–H and O–H groups in total. The number of Topliss-reactive ketones (excluding diaryl/α,β-unsaturated/α-hetero) is 1. The van der Waals surface area contributed by atoms with Gasteiger partial charge in [-0.25, -0.2) is 0 Å². The van der Waals surface area contributed by atoms with E-state index < -0.39 is 12.0 Å². The maximum atomic E-state index is 13.1. The smallest absolute Gasteiger partial charge is 0.345 e. The molecule has 1 fully saturated rings. The molecule has 3 aromatic rings. The molecule has 1 aromatic carbocycles. The van der Waals surface area contributed by atoms with Crippen molar-refractivity contribution in [1.29, 1.82) is 0 Å². The van der Waals surface area contributed by atoms with E-state index in [1.165, 1.54) is 6.20 Å². The summed E-state index contributed by atoms with van der Waals surface area (Å²) < 4.78 is 31.0. The molecule has 0 bridgehead atoms. The van der Waals surface area contributed by atoms with E-state index in [0.29, 0.717) is 42.9 Å². The van der Waals surface area contributed by atoms with Crippen LogP contribution in [0.5, 0.6) is 0 Å². The maximum absolute atomic E-state index is 13.1. The van der Waals surface area contributed by atoms with Gasteiger partial charge in [-0.2, -0.15) is 13.9 Å². The molecular weight excluding hydrogens is 406 g/mol. The quantitative estimate of drug-likeness (QED) is 0.583. The van der Waals surface area contributed by atoms with Gasteiger partial charge in [-0.15, -0.1) is 0 Å². The second kappa shape index (κ2) is 7.56. The summed E-state index contributed by atoms with van der Waals surface area (Å²) in [5.41, 5.74) is 2.04. The number of ether oxygens (including phenoxy) is 1. The van der Waals surface area contributed by atoms with E-state index in [2.05, 4.69) is 14.8 Å². The van der Waals surface area contributed by atoms with Crippen molar-refractivity contribution in [2.24, 2.45) is 5.41 Å². The minimum atomic E-state index is -2.83. The second-order valence-electron chi connectivity index (χ2n) is 8.40. The third-order valence-corrected chi connectivity index (χ3v) is 6.23. The molecule has 2 aliphatic rings. The summed E-state index contributed by atoms with van der Waals surface area (Å²) in [4.78, 5) is 30.9. The zero-order valence-electron chi connectivity index (χ0n) is 16.8. The van der Waals surface area contributed by atoms with Crippen LogP contribution in [-0.2, 0) is 17.8 Å². The minimum absolute atomic E-state index is 0.120. The number of halogens is 2. The van der Waals surface area contributed by atoms with Crippen LogP contribution < -0.4 is 0 Å². The molecule has 31 heavy (non-hydrogen) atoms. The van der Waals surface area contributed by atoms with Crippen LogP contribution >= 0.6 is 0 Å². The monoisotopic (exact) mass is 428 g/mol. The Morgan fingerprint density at radius 2 is 2.03 bits per heavy atom. The van der Waals surface area contributed by atoms with Gasteiger partial charge < -0.3 is 14.6 Å². The Kier molecular flexibility index (Phi) is 4.85. The first-order valence-electron chi connectivity index (χ1n) is 10.3. The highest BCUT2D eigenvalue weighted by atomic mass is 19.3. The van der Waals surface area contributed by atoms with Gasteiger partial charge in [-0.3, -0.25) is 14.3 Å². The van der Waals surface area contributed by atoms with Gasteiger partial charge in [-0.05, 0) is 25.0 Å². The van der Waals surface area contributed by atoms with E-state index >= 15 is 0 Å². The Balaban J connectivity index is 1.31. The Morgan fingerprint density at radius 1 is 1.23 bits per heavy atom. The lowest BCUT2D eigenvalue weighted by Gasteiger charge is -2.28. The van der Waals surface area contributed by atoms with Crippen LogP contribution in [-0.4, -0.2) is 51.1 Å². The minimum Gasteiger partial charge on any atom is -0.351 e. The van der Waals surface area contributed by atoms with E-state index in [1.54, 1.807) is 9.58 Å². The molecule has 0 radical (unpaired) electrons. The number of nitrogens with zero attached hydrogens (tertiary/aromatic N) is 3. The fraction of sp³-hybridized carbons (Fsp3) is 0.409. The van der Waals surface area contributed by atoms with Crippen molar-refractivity contribution < 1.29 is 23.1 Å². The highest BCUT2D eigenvalue weighted by Gasteiger charge is 2.46. The van der Waals surface area contributed by atoms with Crippen molar-refractivity contribution in [1.82, 2.24) is 19.7 Å². The summed E-state index contributed by atoms with van der Waals surface area (Å²) in [5, 5.41) is 5.27. The lowest BCUT2D eigenvalue weighted by Crippen LogP contribution is -2.39. The molecule has 2 aromatic heterocycles. The average molecular weight is 428 g/mol. The number of hydrogen-bond acceptors (Lipinski definition) is 4. The molecule has 0 saturated heterocycles. The van der Waals surface area contributed by atoms with Crippen LogP contribution in [0, 0.1) is 5.41 Å². The van der Waals surface area contributed by atoms with E-state index in [4.69, 9.17) is 0 Å². The maximum Gasteiger partial charge on any atom is 0.345 e. The van der Waals surface area contributed by atoms with Crippen molar-refractivity contribution >= 4 is 22.6 Å². The number of nitrogens with one attached hydrogen (secondary N) is 1. The van der Waals surface area contributed by atoms with Gasteiger partial charge in [0.2, 0.25) is 0 Å². The van der Waals surface area contributed by atoms with E-state index in [-0.39, 0.29) is 31.3 Å². The van der Waals surface area contributed by atoms with Crippen molar-refractivity contribution in [2.75, 3.05) is 13.2 Å². The topological polar surface area (TPSA) is 80.2 Å². The lowest BCUT2D eigenvalue weighted by molar-refractivity contribution is -0.140. The normalized spacial score (nSPS) is 17.2. The Morgan fingerprint density at radius 3 is 2.77 bits per heavy atom. The van der Waals surface area contributed by atoms with Gasteiger partial charge in [0.05, 0.1) is 37.2 Å². The molecule has 5 rings (SSSR count). The molecule has 1 amide bonds. The fourth-order valence-electron chi connectivity index (χ4n) is 4.24. The molecule has 1 aliphatic carbocycles. The number of fused-ring (bicyclic) bond motifs is 2. The van der Waals surface area contributed by atoms with Crippen molar-refractivity contribution in [3.63, 3.8) is 0 Å². The number of benzene rings is 1. The Bertz CT molecular complexity index is 1120. The summed E-state index contributed by atoms with van der Waals surface area (Å²) in [6.07, 6.45) is 3.06. The molecule has 1 saturated carbocycles. The van der Waals surface area contributed by atoms with E-state index in [9.17, 15) is 18.4 Å². The molecule has 0 spiro atoms. The number of amides is 1. The third-order valence-electron chi connectivity index (χ3n) is 6.23. The number of rotatable bonds is 7. The summed E-state index contributed by atoms with van der Waals surface area (Å²) in [7, 11) is 0. The number of aromatic nitrogens is 3. The van der Waals surface area contributed by atoms with Gasteiger partial charge in [-0.1, -0.05) is 18.2 Å². The zero-order valence-corrected chi connectivity index (χ0v) is 16.8. The van der Waals surface area contributed by atoms with Crippen molar-refractivity contribution in [2.45, 2.75) is 39.0 Å². The van der Waals surface area contributed by atoms with Crippen molar-refractivity contribution in [3.8, 4) is 0 Å². The number of hydrogen-bond donors (Lipinski definition) is 1.